The number of fused-ring (bicyclic) bond motifs is 3. The van der Waals surface area contributed by atoms with Gasteiger partial charge in [-0.05, 0) is 45.7 Å². The molecule has 1 unspecified atom stereocenters. The van der Waals surface area contributed by atoms with Gasteiger partial charge in [0.2, 0.25) is 0 Å². The van der Waals surface area contributed by atoms with Crippen LogP contribution in [0.25, 0.3) is 0 Å². The molecule has 3 rings (SSSR count). The van der Waals surface area contributed by atoms with Gasteiger partial charge in [0.25, 0.3) is 0 Å². The Balaban J connectivity index is 2.40. The first-order chi connectivity index (χ1) is 6.88. The molecule has 0 saturated carbocycles. The zero-order valence-corrected chi connectivity index (χ0v) is 9.36. The summed E-state index contributed by atoms with van der Waals surface area (Å²) in [6, 6.07) is 0. The highest BCUT2D eigenvalue weighted by Gasteiger charge is 2.60. The predicted molar refractivity (Wildman–Crippen MR) is 55.5 cm³/mol. The summed E-state index contributed by atoms with van der Waals surface area (Å²) in [5, 5.41) is 19.6. The molecule has 0 aliphatic carbocycles. The normalized spacial score (nSPS) is 40.5. The molecule has 0 aromatic rings. The van der Waals surface area contributed by atoms with Gasteiger partial charge in [-0.15, -0.1) is 0 Å². The van der Waals surface area contributed by atoms with Crippen LogP contribution in [-0.4, -0.2) is 46.3 Å². The van der Waals surface area contributed by atoms with E-state index in [0.717, 1.165) is 25.9 Å². The van der Waals surface area contributed by atoms with E-state index in [9.17, 15) is 15.0 Å². The zero-order valence-electron chi connectivity index (χ0n) is 9.36. The van der Waals surface area contributed by atoms with Crippen molar-refractivity contribution in [2.75, 3.05) is 19.6 Å². The first-order valence-electron chi connectivity index (χ1n) is 5.56. The van der Waals surface area contributed by atoms with E-state index in [4.69, 9.17) is 0 Å². The van der Waals surface area contributed by atoms with E-state index in [2.05, 4.69) is 4.90 Å². The van der Waals surface area contributed by atoms with Crippen LogP contribution in [0.2, 0.25) is 0 Å². The fourth-order valence-corrected chi connectivity index (χ4v) is 3.26. The lowest BCUT2D eigenvalue weighted by molar-refractivity contribution is -0.193. The second kappa shape index (κ2) is 3.19. The SMILES string of the molecule is CC(C)(O)C1(C(=O)O)CN2CCC1CC2. The number of hydrogen-bond donors (Lipinski definition) is 2. The Kier molecular flexibility index (Phi) is 2.32. The molecule has 0 aromatic heterocycles. The highest BCUT2D eigenvalue weighted by molar-refractivity contribution is 5.77. The molecule has 0 radical (unpaired) electrons. The van der Waals surface area contributed by atoms with Crippen molar-refractivity contribution in [3.63, 3.8) is 0 Å². The monoisotopic (exact) mass is 213 g/mol. The third kappa shape index (κ3) is 1.39. The van der Waals surface area contributed by atoms with Crippen molar-refractivity contribution in [1.82, 2.24) is 4.90 Å². The van der Waals surface area contributed by atoms with Crippen molar-refractivity contribution < 1.29 is 15.0 Å². The highest BCUT2D eigenvalue weighted by Crippen LogP contribution is 2.49. The molecule has 0 spiro atoms. The van der Waals surface area contributed by atoms with Crippen LogP contribution in [0.3, 0.4) is 0 Å². The zero-order chi connectivity index (χ0) is 11.3. The Hall–Kier alpha value is -0.610. The lowest BCUT2D eigenvalue weighted by Crippen LogP contribution is -2.66. The summed E-state index contributed by atoms with van der Waals surface area (Å²) in [5.74, 6) is -0.718. The summed E-state index contributed by atoms with van der Waals surface area (Å²) in [4.78, 5) is 13.7. The average molecular weight is 213 g/mol. The summed E-state index contributed by atoms with van der Waals surface area (Å²) < 4.78 is 0. The van der Waals surface area contributed by atoms with Crippen LogP contribution in [0.1, 0.15) is 26.7 Å². The van der Waals surface area contributed by atoms with Gasteiger partial charge in [-0.3, -0.25) is 4.79 Å². The van der Waals surface area contributed by atoms with Gasteiger partial charge < -0.3 is 15.1 Å². The number of aliphatic hydroxyl groups is 1. The van der Waals surface area contributed by atoms with Crippen molar-refractivity contribution in [2.45, 2.75) is 32.3 Å². The largest absolute Gasteiger partial charge is 0.481 e. The number of hydrogen-bond acceptors (Lipinski definition) is 3. The fraction of sp³-hybridized carbons (Fsp3) is 0.909. The van der Waals surface area contributed by atoms with E-state index in [1.807, 2.05) is 0 Å². The minimum absolute atomic E-state index is 0.125. The van der Waals surface area contributed by atoms with Crippen molar-refractivity contribution in [3.8, 4) is 0 Å². The Morgan fingerprint density at radius 1 is 1.40 bits per heavy atom. The molecular weight excluding hydrogens is 194 g/mol. The molecule has 3 fully saturated rings. The molecule has 2 bridgehead atoms. The molecule has 3 heterocycles. The molecule has 0 amide bonds. The number of carboxylic acid groups (broad SMARTS) is 1. The first-order valence-corrected chi connectivity index (χ1v) is 5.56. The van der Waals surface area contributed by atoms with Gasteiger partial charge in [0.15, 0.2) is 0 Å². The maximum absolute atomic E-state index is 11.5. The number of carboxylic acids is 1. The van der Waals surface area contributed by atoms with E-state index in [1.165, 1.54) is 0 Å². The standard InChI is InChI=1S/C11H19NO3/c1-10(2,15)11(9(13)14)7-12-5-3-8(11)4-6-12/h8,15H,3-7H2,1-2H3,(H,13,14). The second-order valence-electron chi connectivity index (χ2n) is 5.39. The Labute approximate surface area is 89.9 Å². The molecule has 4 nitrogen and oxygen atoms in total. The number of nitrogens with zero attached hydrogens (tertiary/aromatic N) is 1. The van der Waals surface area contributed by atoms with E-state index in [1.54, 1.807) is 13.8 Å². The molecule has 3 aliphatic heterocycles. The molecule has 0 aromatic carbocycles. The third-order valence-corrected chi connectivity index (χ3v) is 4.23. The summed E-state index contributed by atoms with van der Waals surface area (Å²) in [7, 11) is 0. The quantitative estimate of drug-likeness (QED) is 0.703. The van der Waals surface area contributed by atoms with Crippen LogP contribution in [-0.2, 0) is 4.79 Å². The molecule has 2 N–H and O–H groups in total. The van der Waals surface area contributed by atoms with E-state index in [-0.39, 0.29) is 5.92 Å². The lowest BCUT2D eigenvalue weighted by Gasteiger charge is -2.55. The number of aliphatic carboxylic acids is 1. The number of rotatable bonds is 2. The molecule has 15 heavy (non-hydrogen) atoms. The molecule has 3 aliphatic rings. The Bertz CT molecular complexity index is 276. The third-order valence-electron chi connectivity index (χ3n) is 4.23. The van der Waals surface area contributed by atoms with E-state index < -0.39 is 17.0 Å². The maximum Gasteiger partial charge on any atom is 0.314 e. The van der Waals surface area contributed by atoms with Crippen LogP contribution in [0.4, 0.5) is 0 Å². The average Bonchev–Trinajstić information content (AvgIpc) is 2.17. The summed E-state index contributed by atoms with van der Waals surface area (Å²) >= 11 is 0. The lowest BCUT2D eigenvalue weighted by atomic mass is 9.59. The van der Waals surface area contributed by atoms with Crippen molar-refractivity contribution in [2.24, 2.45) is 11.3 Å². The topological polar surface area (TPSA) is 60.8 Å². The number of carbonyl (C=O) groups is 1. The fourth-order valence-electron chi connectivity index (χ4n) is 3.26. The van der Waals surface area contributed by atoms with Gasteiger partial charge in [-0.2, -0.15) is 0 Å². The molecular formula is C11H19NO3. The van der Waals surface area contributed by atoms with Gasteiger partial charge in [-0.1, -0.05) is 0 Å². The van der Waals surface area contributed by atoms with Gasteiger partial charge in [0.1, 0.15) is 5.41 Å². The Morgan fingerprint density at radius 3 is 2.13 bits per heavy atom. The molecule has 4 heteroatoms. The van der Waals surface area contributed by atoms with Crippen molar-refractivity contribution in [3.05, 3.63) is 0 Å². The van der Waals surface area contributed by atoms with Gasteiger partial charge >= 0.3 is 5.97 Å². The summed E-state index contributed by atoms with van der Waals surface area (Å²) in [6.07, 6.45) is 1.80. The first kappa shape index (κ1) is 10.9. The van der Waals surface area contributed by atoms with Gasteiger partial charge in [0, 0.05) is 6.54 Å². The van der Waals surface area contributed by atoms with E-state index in [0.29, 0.717) is 6.54 Å². The van der Waals surface area contributed by atoms with Crippen LogP contribution in [0, 0.1) is 11.3 Å². The molecule has 3 saturated heterocycles. The maximum atomic E-state index is 11.5. The molecule has 86 valence electrons. The summed E-state index contributed by atoms with van der Waals surface area (Å²) in [6.45, 7) is 5.72. The number of piperidine rings is 3. The Morgan fingerprint density at radius 2 is 1.93 bits per heavy atom. The van der Waals surface area contributed by atoms with Crippen LogP contribution >= 0.6 is 0 Å². The second-order valence-corrected chi connectivity index (χ2v) is 5.39. The molecule has 1 atom stereocenters. The van der Waals surface area contributed by atoms with Gasteiger partial charge in [-0.25, -0.2) is 0 Å². The van der Waals surface area contributed by atoms with Gasteiger partial charge in [0.05, 0.1) is 5.60 Å². The van der Waals surface area contributed by atoms with E-state index >= 15 is 0 Å². The smallest absolute Gasteiger partial charge is 0.314 e. The van der Waals surface area contributed by atoms with Crippen molar-refractivity contribution in [1.29, 1.82) is 0 Å². The summed E-state index contributed by atoms with van der Waals surface area (Å²) in [5.41, 5.74) is -2.12. The van der Waals surface area contributed by atoms with Crippen molar-refractivity contribution >= 4 is 5.97 Å². The predicted octanol–water partition coefficient (Wildman–Crippen LogP) is 0.554. The minimum Gasteiger partial charge on any atom is -0.481 e. The van der Waals surface area contributed by atoms with Crippen LogP contribution in [0.15, 0.2) is 0 Å². The highest BCUT2D eigenvalue weighted by atomic mass is 16.4. The van der Waals surface area contributed by atoms with Crippen LogP contribution in [0.5, 0.6) is 0 Å². The van der Waals surface area contributed by atoms with Crippen LogP contribution < -0.4 is 0 Å². The minimum atomic E-state index is -1.15.